The van der Waals surface area contributed by atoms with Gasteiger partial charge < -0.3 is 9.73 Å². The molecule has 2 aromatic rings. The molecule has 0 unspecified atom stereocenters. The molecule has 2 rings (SSSR count). The van der Waals surface area contributed by atoms with Crippen molar-refractivity contribution < 1.29 is 4.42 Å². The fourth-order valence-corrected chi connectivity index (χ4v) is 2.03. The van der Waals surface area contributed by atoms with Crippen LogP contribution in [0, 0.1) is 6.92 Å². The lowest BCUT2D eigenvalue weighted by Gasteiger charge is -2.18. The van der Waals surface area contributed by atoms with Crippen molar-refractivity contribution >= 4 is 11.7 Å². The van der Waals surface area contributed by atoms with E-state index in [9.17, 15) is 0 Å². The molecule has 0 saturated heterocycles. The predicted octanol–water partition coefficient (Wildman–Crippen LogP) is 3.64. The van der Waals surface area contributed by atoms with Gasteiger partial charge in [-0.3, -0.25) is 4.90 Å². The van der Waals surface area contributed by atoms with Crippen molar-refractivity contribution in [2.75, 3.05) is 11.4 Å². The van der Waals surface area contributed by atoms with E-state index in [-0.39, 0.29) is 0 Å². The standard InChI is InChI=1S/C16H23N3O/c1-5-19(15-8-6-7-13(4)9-15)16-18-14(11-20-16)10-17-12(2)3/h6-9,11-12,17H,5,10H2,1-4H3. The first-order valence-corrected chi connectivity index (χ1v) is 7.12. The van der Waals surface area contributed by atoms with Crippen LogP contribution in [-0.2, 0) is 6.54 Å². The van der Waals surface area contributed by atoms with E-state index in [1.54, 1.807) is 6.26 Å². The molecule has 0 aliphatic carbocycles. The summed E-state index contributed by atoms with van der Waals surface area (Å²) in [5.41, 5.74) is 3.27. The lowest BCUT2D eigenvalue weighted by Crippen LogP contribution is -2.22. The minimum absolute atomic E-state index is 0.439. The van der Waals surface area contributed by atoms with Crippen molar-refractivity contribution in [3.8, 4) is 0 Å². The lowest BCUT2D eigenvalue weighted by atomic mass is 10.2. The van der Waals surface area contributed by atoms with Crippen LogP contribution in [-0.4, -0.2) is 17.6 Å². The molecule has 20 heavy (non-hydrogen) atoms. The number of anilines is 2. The van der Waals surface area contributed by atoms with Gasteiger partial charge in [-0.15, -0.1) is 0 Å². The van der Waals surface area contributed by atoms with Crippen molar-refractivity contribution in [1.29, 1.82) is 0 Å². The zero-order chi connectivity index (χ0) is 14.5. The second-order valence-electron chi connectivity index (χ2n) is 5.24. The summed E-state index contributed by atoms with van der Waals surface area (Å²) >= 11 is 0. The van der Waals surface area contributed by atoms with Crippen LogP contribution in [0.25, 0.3) is 0 Å². The molecule has 1 heterocycles. The third kappa shape index (κ3) is 3.61. The Kier molecular flexibility index (Phi) is 4.79. The summed E-state index contributed by atoms with van der Waals surface area (Å²) in [7, 11) is 0. The number of oxazole rings is 1. The highest BCUT2D eigenvalue weighted by Gasteiger charge is 2.13. The summed E-state index contributed by atoms with van der Waals surface area (Å²) < 4.78 is 5.62. The molecule has 0 radical (unpaired) electrons. The zero-order valence-corrected chi connectivity index (χ0v) is 12.7. The van der Waals surface area contributed by atoms with Gasteiger partial charge in [0.1, 0.15) is 6.26 Å². The van der Waals surface area contributed by atoms with Gasteiger partial charge in [-0.1, -0.05) is 26.0 Å². The van der Waals surface area contributed by atoms with Gasteiger partial charge in [-0.2, -0.15) is 4.98 Å². The Balaban J connectivity index is 2.16. The molecule has 0 aliphatic rings. The van der Waals surface area contributed by atoms with Gasteiger partial charge in [0, 0.05) is 24.8 Å². The molecule has 108 valence electrons. The number of rotatable bonds is 6. The SMILES string of the molecule is CCN(c1cccc(C)c1)c1nc(CNC(C)C)co1. The molecular weight excluding hydrogens is 250 g/mol. The molecule has 0 aliphatic heterocycles. The molecule has 0 amide bonds. The van der Waals surface area contributed by atoms with Crippen molar-refractivity contribution in [2.45, 2.75) is 40.3 Å². The summed E-state index contributed by atoms with van der Waals surface area (Å²) in [5.74, 6) is 0. The van der Waals surface area contributed by atoms with Crippen LogP contribution in [0.15, 0.2) is 34.9 Å². The minimum Gasteiger partial charge on any atom is -0.431 e. The normalized spacial score (nSPS) is 11.1. The molecule has 0 bridgehead atoms. The Morgan fingerprint density at radius 3 is 2.80 bits per heavy atom. The van der Waals surface area contributed by atoms with Gasteiger partial charge >= 0.3 is 6.01 Å². The number of benzene rings is 1. The van der Waals surface area contributed by atoms with Crippen LogP contribution in [0.1, 0.15) is 32.0 Å². The smallest absolute Gasteiger partial charge is 0.302 e. The van der Waals surface area contributed by atoms with Gasteiger partial charge in [0.2, 0.25) is 0 Å². The van der Waals surface area contributed by atoms with Crippen LogP contribution in [0.5, 0.6) is 0 Å². The number of nitrogens with zero attached hydrogens (tertiary/aromatic N) is 2. The van der Waals surface area contributed by atoms with Gasteiger partial charge in [0.15, 0.2) is 0 Å². The summed E-state index contributed by atoms with van der Waals surface area (Å²) in [6.07, 6.45) is 1.73. The summed E-state index contributed by atoms with van der Waals surface area (Å²) in [6, 6.07) is 9.45. The number of aryl methyl sites for hydroxylation is 1. The summed E-state index contributed by atoms with van der Waals surface area (Å²) in [6.45, 7) is 9.97. The largest absolute Gasteiger partial charge is 0.431 e. The number of hydrogen-bond acceptors (Lipinski definition) is 4. The van der Waals surface area contributed by atoms with Crippen LogP contribution < -0.4 is 10.2 Å². The Morgan fingerprint density at radius 2 is 2.15 bits per heavy atom. The van der Waals surface area contributed by atoms with E-state index < -0.39 is 0 Å². The maximum Gasteiger partial charge on any atom is 0.302 e. The van der Waals surface area contributed by atoms with Crippen LogP contribution >= 0.6 is 0 Å². The Morgan fingerprint density at radius 1 is 1.35 bits per heavy atom. The van der Waals surface area contributed by atoms with Gasteiger partial charge in [-0.05, 0) is 31.5 Å². The van der Waals surface area contributed by atoms with E-state index in [1.165, 1.54) is 5.56 Å². The zero-order valence-electron chi connectivity index (χ0n) is 12.7. The molecule has 1 aromatic carbocycles. The van der Waals surface area contributed by atoms with Crippen molar-refractivity contribution in [2.24, 2.45) is 0 Å². The molecule has 1 N–H and O–H groups in total. The number of aromatic nitrogens is 1. The fourth-order valence-electron chi connectivity index (χ4n) is 2.03. The third-order valence-corrected chi connectivity index (χ3v) is 3.09. The highest BCUT2D eigenvalue weighted by Crippen LogP contribution is 2.25. The van der Waals surface area contributed by atoms with Crippen molar-refractivity contribution in [1.82, 2.24) is 10.3 Å². The van der Waals surface area contributed by atoms with Crippen molar-refractivity contribution in [3.05, 3.63) is 41.8 Å². The molecule has 1 aromatic heterocycles. The first-order chi connectivity index (χ1) is 9.60. The van der Waals surface area contributed by atoms with Gasteiger partial charge in [0.05, 0.1) is 5.69 Å². The van der Waals surface area contributed by atoms with Gasteiger partial charge in [0.25, 0.3) is 0 Å². The Labute approximate surface area is 120 Å². The number of hydrogen-bond donors (Lipinski definition) is 1. The second-order valence-corrected chi connectivity index (χ2v) is 5.24. The molecule has 0 fully saturated rings. The molecule has 0 atom stereocenters. The summed E-state index contributed by atoms with van der Waals surface area (Å²) in [5, 5.41) is 3.34. The maximum absolute atomic E-state index is 5.62. The first-order valence-electron chi connectivity index (χ1n) is 7.12. The van der Waals surface area contributed by atoms with E-state index in [2.05, 4.69) is 67.2 Å². The highest BCUT2D eigenvalue weighted by atomic mass is 16.4. The molecular formula is C16H23N3O. The summed E-state index contributed by atoms with van der Waals surface area (Å²) in [4.78, 5) is 6.63. The average Bonchev–Trinajstić information content (AvgIpc) is 2.86. The molecule has 0 saturated carbocycles. The van der Waals surface area contributed by atoms with E-state index >= 15 is 0 Å². The Bertz CT molecular complexity index is 548. The fraction of sp³-hybridized carbons (Fsp3) is 0.438. The highest BCUT2D eigenvalue weighted by molar-refractivity contribution is 5.57. The quantitative estimate of drug-likeness (QED) is 0.872. The third-order valence-electron chi connectivity index (χ3n) is 3.09. The average molecular weight is 273 g/mol. The van der Waals surface area contributed by atoms with E-state index in [4.69, 9.17) is 4.42 Å². The van der Waals surface area contributed by atoms with E-state index in [1.807, 2.05) is 0 Å². The second kappa shape index (κ2) is 6.57. The number of nitrogens with one attached hydrogen (secondary N) is 1. The van der Waals surface area contributed by atoms with Crippen LogP contribution in [0.3, 0.4) is 0 Å². The molecule has 0 spiro atoms. The molecule has 4 heteroatoms. The van der Waals surface area contributed by atoms with Crippen LogP contribution in [0.2, 0.25) is 0 Å². The Hall–Kier alpha value is -1.81. The van der Waals surface area contributed by atoms with Crippen LogP contribution in [0.4, 0.5) is 11.7 Å². The maximum atomic E-state index is 5.62. The van der Waals surface area contributed by atoms with Crippen molar-refractivity contribution in [3.63, 3.8) is 0 Å². The molecule has 4 nitrogen and oxygen atoms in total. The monoisotopic (exact) mass is 273 g/mol. The topological polar surface area (TPSA) is 41.3 Å². The lowest BCUT2D eigenvalue weighted by molar-refractivity contribution is 0.548. The van der Waals surface area contributed by atoms with Gasteiger partial charge in [-0.25, -0.2) is 0 Å². The van der Waals surface area contributed by atoms with E-state index in [0.717, 1.165) is 24.5 Å². The first kappa shape index (κ1) is 14.6. The predicted molar refractivity (Wildman–Crippen MR) is 82.3 cm³/mol. The van der Waals surface area contributed by atoms with E-state index in [0.29, 0.717) is 12.1 Å². The minimum atomic E-state index is 0.439.